The number of carbonyl (C=O) groups excluding carboxylic acids is 1. The Morgan fingerprint density at radius 1 is 1.38 bits per heavy atom. The van der Waals surface area contributed by atoms with Crippen molar-refractivity contribution in [3.05, 3.63) is 30.3 Å². The lowest BCUT2D eigenvalue weighted by Crippen LogP contribution is -2.50. The van der Waals surface area contributed by atoms with Crippen LogP contribution in [0.5, 0.6) is 0 Å². The van der Waals surface area contributed by atoms with Gasteiger partial charge < -0.3 is 15.2 Å². The molecule has 1 heterocycles. The summed E-state index contributed by atoms with van der Waals surface area (Å²) < 4.78 is 5.28. The number of hydrogen-bond acceptors (Lipinski definition) is 4. The Kier molecular flexibility index (Phi) is 5.33. The molecule has 0 aromatic heterocycles. The standard InChI is InChI=1S/C16H24N2O3/c1-13(15(19)17-14-6-4-3-5-7-14)18(2)12-16(20)8-10-21-11-9-16/h3-7,13,20H,8-12H2,1-2H3,(H,17,19). The molecule has 1 amide bonds. The summed E-state index contributed by atoms with van der Waals surface area (Å²) in [6, 6.07) is 9.08. The van der Waals surface area contributed by atoms with E-state index in [1.807, 2.05) is 49.2 Å². The summed E-state index contributed by atoms with van der Waals surface area (Å²) >= 11 is 0. The fraction of sp³-hybridized carbons (Fsp3) is 0.562. The van der Waals surface area contributed by atoms with Crippen LogP contribution in [0.15, 0.2) is 30.3 Å². The Labute approximate surface area is 125 Å². The normalized spacial score (nSPS) is 19.2. The molecule has 0 radical (unpaired) electrons. The highest BCUT2D eigenvalue weighted by molar-refractivity contribution is 5.94. The highest BCUT2D eigenvalue weighted by Crippen LogP contribution is 2.22. The van der Waals surface area contributed by atoms with Crippen molar-refractivity contribution in [3.63, 3.8) is 0 Å². The van der Waals surface area contributed by atoms with E-state index in [9.17, 15) is 9.90 Å². The quantitative estimate of drug-likeness (QED) is 0.863. The smallest absolute Gasteiger partial charge is 0.241 e. The van der Waals surface area contributed by atoms with Gasteiger partial charge in [-0.25, -0.2) is 0 Å². The van der Waals surface area contributed by atoms with E-state index in [1.54, 1.807) is 0 Å². The Bertz CT molecular complexity index is 458. The van der Waals surface area contributed by atoms with Gasteiger partial charge in [-0.05, 0) is 26.1 Å². The van der Waals surface area contributed by atoms with E-state index in [0.29, 0.717) is 32.6 Å². The molecule has 1 fully saturated rings. The van der Waals surface area contributed by atoms with Gasteiger partial charge in [-0.15, -0.1) is 0 Å². The Morgan fingerprint density at radius 3 is 2.62 bits per heavy atom. The zero-order valence-corrected chi connectivity index (χ0v) is 12.7. The summed E-state index contributed by atoms with van der Waals surface area (Å²) in [5, 5.41) is 13.4. The molecule has 21 heavy (non-hydrogen) atoms. The lowest BCUT2D eigenvalue weighted by molar-refractivity contribution is -0.123. The number of amides is 1. The second-order valence-electron chi connectivity index (χ2n) is 5.78. The van der Waals surface area contributed by atoms with Crippen molar-refractivity contribution in [2.45, 2.75) is 31.4 Å². The zero-order valence-electron chi connectivity index (χ0n) is 12.7. The largest absolute Gasteiger partial charge is 0.388 e. The van der Waals surface area contributed by atoms with Gasteiger partial charge >= 0.3 is 0 Å². The molecule has 0 aliphatic carbocycles. The van der Waals surface area contributed by atoms with Crippen molar-refractivity contribution in [1.82, 2.24) is 4.90 Å². The molecule has 0 spiro atoms. The summed E-state index contributed by atoms with van der Waals surface area (Å²) in [6.45, 7) is 3.48. The van der Waals surface area contributed by atoms with E-state index < -0.39 is 5.60 Å². The second-order valence-corrected chi connectivity index (χ2v) is 5.78. The van der Waals surface area contributed by atoms with Gasteiger partial charge in [-0.2, -0.15) is 0 Å². The summed E-state index contributed by atoms with van der Waals surface area (Å²) in [7, 11) is 1.86. The van der Waals surface area contributed by atoms with Crippen LogP contribution in [0.1, 0.15) is 19.8 Å². The first-order valence-electron chi connectivity index (χ1n) is 7.36. The number of para-hydroxylation sites is 1. The molecule has 2 rings (SSSR count). The number of ether oxygens (including phenoxy) is 1. The van der Waals surface area contributed by atoms with Gasteiger partial charge in [0.15, 0.2) is 0 Å². The van der Waals surface area contributed by atoms with Crippen LogP contribution in [0.25, 0.3) is 0 Å². The molecule has 1 aromatic carbocycles. The maximum atomic E-state index is 12.2. The van der Waals surface area contributed by atoms with Gasteiger partial charge in [0.1, 0.15) is 0 Å². The number of rotatable bonds is 5. The fourth-order valence-electron chi connectivity index (χ4n) is 2.48. The number of likely N-dealkylation sites (N-methyl/N-ethyl adjacent to an activating group) is 1. The maximum Gasteiger partial charge on any atom is 0.241 e. The third-order valence-electron chi connectivity index (χ3n) is 4.05. The van der Waals surface area contributed by atoms with Crippen molar-refractivity contribution in [3.8, 4) is 0 Å². The number of carbonyl (C=O) groups is 1. The maximum absolute atomic E-state index is 12.2. The minimum atomic E-state index is -0.756. The summed E-state index contributed by atoms with van der Waals surface area (Å²) in [5.74, 6) is -0.0700. The van der Waals surface area contributed by atoms with Gasteiger partial charge in [-0.3, -0.25) is 9.69 Å². The number of nitrogens with zero attached hydrogens (tertiary/aromatic N) is 1. The van der Waals surface area contributed by atoms with Crippen molar-refractivity contribution in [2.75, 3.05) is 32.1 Å². The summed E-state index contributed by atoms with van der Waals surface area (Å²) in [4.78, 5) is 14.1. The van der Waals surface area contributed by atoms with Crippen molar-refractivity contribution in [2.24, 2.45) is 0 Å². The minimum absolute atomic E-state index is 0.0700. The number of benzene rings is 1. The first-order valence-corrected chi connectivity index (χ1v) is 7.36. The molecule has 2 N–H and O–H groups in total. The molecule has 1 aliphatic rings. The van der Waals surface area contributed by atoms with E-state index in [-0.39, 0.29) is 11.9 Å². The third-order valence-corrected chi connectivity index (χ3v) is 4.05. The van der Waals surface area contributed by atoms with Crippen molar-refractivity contribution in [1.29, 1.82) is 0 Å². The molecule has 5 heteroatoms. The highest BCUT2D eigenvalue weighted by Gasteiger charge is 2.33. The van der Waals surface area contributed by atoms with Gasteiger partial charge in [0, 0.05) is 38.3 Å². The molecule has 116 valence electrons. The van der Waals surface area contributed by atoms with Gasteiger partial charge in [0.2, 0.25) is 5.91 Å². The minimum Gasteiger partial charge on any atom is -0.388 e. The van der Waals surface area contributed by atoms with Gasteiger partial charge in [0.25, 0.3) is 0 Å². The molecule has 0 bridgehead atoms. The van der Waals surface area contributed by atoms with E-state index in [1.165, 1.54) is 0 Å². The van der Waals surface area contributed by atoms with Crippen molar-refractivity contribution >= 4 is 11.6 Å². The predicted octanol–water partition coefficient (Wildman–Crippen LogP) is 1.49. The molecular formula is C16H24N2O3. The first kappa shape index (κ1) is 15.9. The molecule has 0 saturated carbocycles. The van der Waals surface area contributed by atoms with Crippen LogP contribution in [0.4, 0.5) is 5.69 Å². The van der Waals surface area contributed by atoms with Crippen LogP contribution in [0.2, 0.25) is 0 Å². The van der Waals surface area contributed by atoms with Crippen molar-refractivity contribution < 1.29 is 14.6 Å². The number of aliphatic hydroxyl groups is 1. The summed E-state index contributed by atoms with van der Waals surface area (Å²) in [6.07, 6.45) is 1.23. The second kappa shape index (κ2) is 7.02. The van der Waals surface area contributed by atoms with Crippen LogP contribution in [-0.2, 0) is 9.53 Å². The fourth-order valence-corrected chi connectivity index (χ4v) is 2.48. The lowest BCUT2D eigenvalue weighted by atomic mass is 9.93. The third kappa shape index (κ3) is 4.52. The average molecular weight is 292 g/mol. The molecule has 1 aromatic rings. The highest BCUT2D eigenvalue weighted by atomic mass is 16.5. The number of nitrogens with one attached hydrogen (secondary N) is 1. The predicted molar refractivity (Wildman–Crippen MR) is 82.2 cm³/mol. The van der Waals surface area contributed by atoms with E-state index in [2.05, 4.69) is 5.32 Å². The van der Waals surface area contributed by atoms with E-state index in [4.69, 9.17) is 4.74 Å². The SMILES string of the molecule is CC(C(=O)Nc1ccccc1)N(C)CC1(O)CCOCC1. The Morgan fingerprint density at radius 2 is 2.00 bits per heavy atom. The van der Waals surface area contributed by atoms with Crippen LogP contribution in [0.3, 0.4) is 0 Å². The Balaban J connectivity index is 1.89. The van der Waals surface area contributed by atoms with Crippen LogP contribution >= 0.6 is 0 Å². The molecular weight excluding hydrogens is 268 g/mol. The zero-order chi connectivity index (χ0) is 15.3. The molecule has 1 unspecified atom stereocenters. The van der Waals surface area contributed by atoms with E-state index in [0.717, 1.165) is 5.69 Å². The average Bonchev–Trinajstić information content (AvgIpc) is 2.47. The molecule has 5 nitrogen and oxygen atoms in total. The Hall–Kier alpha value is -1.43. The lowest BCUT2D eigenvalue weighted by Gasteiger charge is -2.37. The topological polar surface area (TPSA) is 61.8 Å². The molecule has 1 saturated heterocycles. The summed E-state index contributed by atoms with van der Waals surface area (Å²) in [5.41, 5.74) is 0.0291. The van der Waals surface area contributed by atoms with Crippen LogP contribution < -0.4 is 5.32 Å². The first-order chi connectivity index (χ1) is 10.0. The van der Waals surface area contributed by atoms with Crippen LogP contribution in [0, 0.1) is 0 Å². The van der Waals surface area contributed by atoms with Gasteiger partial charge in [0.05, 0.1) is 11.6 Å². The van der Waals surface area contributed by atoms with Crippen LogP contribution in [-0.4, -0.2) is 54.4 Å². The number of hydrogen-bond donors (Lipinski definition) is 2. The number of anilines is 1. The monoisotopic (exact) mass is 292 g/mol. The van der Waals surface area contributed by atoms with E-state index >= 15 is 0 Å². The van der Waals surface area contributed by atoms with Gasteiger partial charge in [-0.1, -0.05) is 18.2 Å². The molecule has 1 atom stereocenters. The molecule has 1 aliphatic heterocycles.